The van der Waals surface area contributed by atoms with E-state index in [-0.39, 0.29) is 0 Å². The lowest BCUT2D eigenvalue weighted by molar-refractivity contribution is 0.896. The Morgan fingerprint density at radius 1 is 1.30 bits per heavy atom. The fourth-order valence-electron chi connectivity index (χ4n) is 2.21. The average Bonchev–Trinajstić information content (AvgIpc) is 2.86. The van der Waals surface area contributed by atoms with Gasteiger partial charge < -0.3 is 10.3 Å². The maximum Gasteiger partial charge on any atom is 0.215 e. The molecule has 0 spiro atoms. The van der Waals surface area contributed by atoms with Crippen molar-refractivity contribution in [2.75, 3.05) is 11.9 Å². The number of anilines is 1. The monoisotopic (exact) mass is 285 g/mol. The third-order valence-electron chi connectivity index (χ3n) is 3.24. The number of benzene rings is 1. The molecule has 2 aromatic heterocycles. The molecule has 0 amide bonds. The van der Waals surface area contributed by atoms with Crippen LogP contribution in [0, 0.1) is 11.7 Å². The lowest BCUT2D eigenvalue weighted by atomic mass is 10.1. The molecular weight excluding hydrogens is 270 g/mol. The number of hydrogen-bond acceptors (Lipinski definition) is 4. The molecule has 3 N–H and O–H groups in total. The molecule has 0 atom stereocenters. The van der Waals surface area contributed by atoms with Crippen LogP contribution in [0.5, 0.6) is 0 Å². The van der Waals surface area contributed by atoms with Crippen LogP contribution in [0.25, 0.3) is 10.9 Å². The summed E-state index contributed by atoms with van der Waals surface area (Å²) in [5, 5.41) is 11.3. The van der Waals surface area contributed by atoms with Gasteiger partial charge in [-0.25, -0.2) is 0 Å². The number of nitrogens with one attached hydrogen (secondary N) is 3. The molecule has 6 heteroatoms. The smallest absolute Gasteiger partial charge is 0.215 e. The van der Waals surface area contributed by atoms with Gasteiger partial charge in [0, 0.05) is 23.6 Å². The molecular formula is C14H15N5S. The predicted octanol–water partition coefficient (Wildman–Crippen LogP) is 2.98. The van der Waals surface area contributed by atoms with Gasteiger partial charge in [-0.05, 0) is 37.2 Å². The van der Waals surface area contributed by atoms with Gasteiger partial charge >= 0.3 is 0 Å². The SMILES string of the molecule is Cc1n[nH]c(=S)nc1NCCc1c[nH]c2ccccc12. The molecule has 0 radical (unpaired) electrons. The van der Waals surface area contributed by atoms with E-state index < -0.39 is 0 Å². The summed E-state index contributed by atoms with van der Waals surface area (Å²) < 4.78 is 0.394. The van der Waals surface area contributed by atoms with Gasteiger partial charge in [0.05, 0.1) is 5.69 Å². The number of aromatic nitrogens is 4. The number of rotatable bonds is 4. The second-order valence-electron chi connectivity index (χ2n) is 4.61. The summed E-state index contributed by atoms with van der Waals surface area (Å²) in [5.74, 6) is 0.744. The molecule has 3 rings (SSSR count). The summed E-state index contributed by atoms with van der Waals surface area (Å²) in [6, 6.07) is 8.30. The Morgan fingerprint density at radius 2 is 2.15 bits per heavy atom. The van der Waals surface area contributed by atoms with Crippen LogP contribution in [-0.4, -0.2) is 26.7 Å². The molecule has 3 aromatic rings. The maximum absolute atomic E-state index is 4.98. The summed E-state index contributed by atoms with van der Waals surface area (Å²) in [5.41, 5.74) is 3.28. The number of fused-ring (bicyclic) bond motifs is 1. The molecule has 0 saturated heterocycles. The molecule has 2 heterocycles. The molecule has 0 aliphatic carbocycles. The molecule has 0 aliphatic heterocycles. The zero-order valence-electron chi connectivity index (χ0n) is 11.1. The lowest BCUT2D eigenvalue weighted by Gasteiger charge is -2.06. The number of aryl methyl sites for hydroxylation is 1. The first-order valence-electron chi connectivity index (χ1n) is 6.46. The Kier molecular flexibility index (Phi) is 3.47. The minimum atomic E-state index is 0.394. The Labute approximate surface area is 121 Å². The van der Waals surface area contributed by atoms with Crippen molar-refractivity contribution in [2.45, 2.75) is 13.3 Å². The van der Waals surface area contributed by atoms with Gasteiger partial charge in [-0.3, -0.25) is 5.10 Å². The van der Waals surface area contributed by atoms with E-state index in [9.17, 15) is 0 Å². The topological polar surface area (TPSA) is 69.4 Å². The van der Waals surface area contributed by atoms with Crippen molar-refractivity contribution in [1.82, 2.24) is 20.2 Å². The van der Waals surface area contributed by atoms with Crippen molar-refractivity contribution in [2.24, 2.45) is 0 Å². The second kappa shape index (κ2) is 5.42. The normalized spacial score (nSPS) is 10.8. The van der Waals surface area contributed by atoms with E-state index in [1.807, 2.05) is 13.0 Å². The number of para-hydroxylation sites is 1. The van der Waals surface area contributed by atoms with E-state index >= 15 is 0 Å². The standard InChI is InChI=1S/C14H15N5S/c1-9-13(17-14(20)19-18-9)15-7-6-10-8-16-12-5-3-2-4-11(10)12/h2-5,8,16H,6-7H2,1H3,(H2,15,17,19,20). The second-order valence-corrected chi connectivity index (χ2v) is 5.00. The van der Waals surface area contributed by atoms with E-state index in [0.717, 1.165) is 24.5 Å². The highest BCUT2D eigenvalue weighted by Gasteiger charge is 2.04. The van der Waals surface area contributed by atoms with Crippen molar-refractivity contribution in [1.29, 1.82) is 0 Å². The van der Waals surface area contributed by atoms with Crippen molar-refractivity contribution >= 4 is 28.9 Å². The number of nitrogens with zero attached hydrogens (tertiary/aromatic N) is 2. The van der Waals surface area contributed by atoms with Crippen LogP contribution in [0.3, 0.4) is 0 Å². The molecule has 20 heavy (non-hydrogen) atoms. The van der Waals surface area contributed by atoms with Gasteiger partial charge in [0.25, 0.3) is 0 Å². The first kappa shape index (κ1) is 12.8. The molecule has 0 aliphatic rings. The zero-order chi connectivity index (χ0) is 13.9. The lowest BCUT2D eigenvalue weighted by Crippen LogP contribution is -2.09. The Balaban J connectivity index is 1.71. The third-order valence-corrected chi connectivity index (χ3v) is 3.42. The molecule has 5 nitrogen and oxygen atoms in total. The highest BCUT2D eigenvalue weighted by atomic mass is 32.1. The van der Waals surface area contributed by atoms with Crippen molar-refractivity contribution < 1.29 is 0 Å². The first-order chi connectivity index (χ1) is 9.74. The number of H-pyrrole nitrogens is 2. The molecule has 0 bridgehead atoms. The van der Waals surface area contributed by atoms with Gasteiger partial charge in [-0.1, -0.05) is 18.2 Å². The van der Waals surface area contributed by atoms with Gasteiger partial charge in [0.15, 0.2) is 5.82 Å². The fourth-order valence-corrected chi connectivity index (χ4v) is 2.35. The van der Waals surface area contributed by atoms with Crippen LogP contribution in [0.2, 0.25) is 0 Å². The quantitative estimate of drug-likeness (QED) is 0.645. The molecule has 0 unspecified atom stereocenters. The van der Waals surface area contributed by atoms with Crippen molar-refractivity contribution in [3.8, 4) is 0 Å². The van der Waals surface area contributed by atoms with E-state index in [1.54, 1.807) is 0 Å². The van der Waals surface area contributed by atoms with Gasteiger partial charge in [-0.15, -0.1) is 0 Å². The Bertz CT molecular complexity index is 789. The summed E-state index contributed by atoms with van der Waals surface area (Å²) in [6.45, 7) is 2.68. The largest absolute Gasteiger partial charge is 0.368 e. The highest BCUT2D eigenvalue weighted by Crippen LogP contribution is 2.18. The van der Waals surface area contributed by atoms with Crippen LogP contribution in [0.15, 0.2) is 30.5 Å². The molecule has 1 aromatic carbocycles. The van der Waals surface area contributed by atoms with Crippen molar-refractivity contribution in [3.63, 3.8) is 0 Å². The highest BCUT2D eigenvalue weighted by molar-refractivity contribution is 7.71. The van der Waals surface area contributed by atoms with Gasteiger partial charge in [0.1, 0.15) is 0 Å². The minimum Gasteiger partial charge on any atom is -0.368 e. The van der Waals surface area contributed by atoms with E-state index in [2.05, 4.69) is 49.9 Å². The van der Waals surface area contributed by atoms with Gasteiger partial charge in [0.2, 0.25) is 4.77 Å². The summed E-state index contributed by atoms with van der Waals surface area (Å²) in [6.07, 6.45) is 2.97. The predicted molar refractivity (Wildman–Crippen MR) is 82.4 cm³/mol. The first-order valence-corrected chi connectivity index (χ1v) is 6.87. The van der Waals surface area contributed by atoms with Crippen LogP contribution in [-0.2, 0) is 6.42 Å². The van der Waals surface area contributed by atoms with Crippen LogP contribution < -0.4 is 5.32 Å². The maximum atomic E-state index is 4.98. The van der Waals surface area contributed by atoms with Crippen LogP contribution in [0.1, 0.15) is 11.3 Å². The van der Waals surface area contributed by atoms with E-state index in [1.165, 1.54) is 16.5 Å². The van der Waals surface area contributed by atoms with E-state index in [4.69, 9.17) is 12.2 Å². The van der Waals surface area contributed by atoms with Crippen molar-refractivity contribution in [3.05, 3.63) is 46.5 Å². The van der Waals surface area contributed by atoms with Crippen LogP contribution >= 0.6 is 12.2 Å². The molecule has 0 saturated carbocycles. The Hall–Kier alpha value is -2.21. The summed E-state index contributed by atoms with van der Waals surface area (Å²) in [4.78, 5) is 7.51. The van der Waals surface area contributed by atoms with Crippen LogP contribution in [0.4, 0.5) is 5.82 Å². The summed E-state index contributed by atoms with van der Waals surface area (Å²) >= 11 is 4.98. The summed E-state index contributed by atoms with van der Waals surface area (Å²) in [7, 11) is 0. The fraction of sp³-hybridized carbons (Fsp3) is 0.214. The van der Waals surface area contributed by atoms with Gasteiger partial charge in [-0.2, -0.15) is 10.1 Å². The minimum absolute atomic E-state index is 0.394. The number of hydrogen-bond donors (Lipinski definition) is 3. The Morgan fingerprint density at radius 3 is 3.05 bits per heavy atom. The average molecular weight is 285 g/mol. The molecule has 0 fully saturated rings. The number of aromatic amines is 2. The van der Waals surface area contributed by atoms with E-state index in [0.29, 0.717) is 4.77 Å². The molecule has 102 valence electrons. The third kappa shape index (κ3) is 2.55. The zero-order valence-corrected chi connectivity index (χ0v) is 11.9.